The highest BCUT2D eigenvalue weighted by Gasteiger charge is 2.01. The van der Waals surface area contributed by atoms with E-state index in [4.69, 9.17) is 18.0 Å². The Balaban J connectivity index is 2.70. The molecular formula is C8H13N3S. The summed E-state index contributed by atoms with van der Waals surface area (Å²) in [5, 5.41) is 0. The molecule has 0 aliphatic rings. The van der Waals surface area contributed by atoms with Crippen molar-refractivity contribution in [2.24, 2.45) is 5.73 Å². The average molecular weight is 183 g/mol. The fraction of sp³-hybridized carbons (Fsp3) is 0.500. The lowest BCUT2D eigenvalue weighted by molar-refractivity contribution is 0.599. The number of nitrogens with two attached hydrogens (primary N) is 1. The molecule has 0 radical (unpaired) electrons. The first kappa shape index (κ1) is 9.19. The summed E-state index contributed by atoms with van der Waals surface area (Å²) in [7, 11) is 0. The maximum Gasteiger partial charge on any atom is 0.0951 e. The third kappa shape index (κ3) is 2.30. The van der Waals surface area contributed by atoms with E-state index < -0.39 is 0 Å². The van der Waals surface area contributed by atoms with Crippen molar-refractivity contribution in [1.29, 1.82) is 0 Å². The molecule has 0 aromatic carbocycles. The summed E-state index contributed by atoms with van der Waals surface area (Å²) in [5.41, 5.74) is 6.33. The zero-order chi connectivity index (χ0) is 9.14. The van der Waals surface area contributed by atoms with Gasteiger partial charge in [0.05, 0.1) is 17.0 Å². The van der Waals surface area contributed by atoms with Crippen molar-refractivity contribution in [3.63, 3.8) is 0 Å². The minimum absolute atomic E-state index is 0.442. The van der Waals surface area contributed by atoms with Gasteiger partial charge in [0.15, 0.2) is 0 Å². The summed E-state index contributed by atoms with van der Waals surface area (Å²) in [5.74, 6) is 0. The number of aromatic nitrogens is 2. The van der Waals surface area contributed by atoms with Crippen molar-refractivity contribution < 1.29 is 0 Å². The smallest absolute Gasteiger partial charge is 0.0951 e. The third-order valence-electron chi connectivity index (χ3n) is 1.61. The number of hydrogen-bond acceptors (Lipinski definition) is 2. The van der Waals surface area contributed by atoms with Crippen molar-refractivity contribution in [2.75, 3.05) is 0 Å². The van der Waals surface area contributed by atoms with Gasteiger partial charge in [0.2, 0.25) is 0 Å². The summed E-state index contributed by atoms with van der Waals surface area (Å²) in [6.45, 7) is 4.21. The van der Waals surface area contributed by atoms with Crippen LogP contribution in [0.5, 0.6) is 0 Å². The monoisotopic (exact) mass is 183 g/mol. The van der Waals surface area contributed by atoms with Gasteiger partial charge in [-0.25, -0.2) is 4.98 Å². The predicted octanol–water partition coefficient (Wildman–Crippen LogP) is 1.29. The van der Waals surface area contributed by atoms with E-state index in [1.54, 1.807) is 6.33 Å². The summed E-state index contributed by atoms with van der Waals surface area (Å²) in [4.78, 5) is 4.66. The molecule has 0 fully saturated rings. The van der Waals surface area contributed by atoms with Gasteiger partial charge in [0.1, 0.15) is 0 Å². The molecule has 1 aromatic rings. The molecule has 0 saturated heterocycles. The molecule has 0 saturated carbocycles. The van der Waals surface area contributed by atoms with Crippen molar-refractivity contribution in [2.45, 2.75) is 26.3 Å². The largest absolute Gasteiger partial charge is 0.393 e. The van der Waals surface area contributed by atoms with Gasteiger partial charge < -0.3 is 10.3 Å². The standard InChI is InChI=1S/C8H13N3S/c1-6(2)11-4-7(10-5-11)3-8(9)12/h4-6H,3H2,1-2H3,(H2,9,12). The van der Waals surface area contributed by atoms with E-state index in [2.05, 4.69) is 18.8 Å². The van der Waals surface area contributed by atoms with Crippen molar-refractivity contribution >= 4 is 17.2 Å². The molecule has 0 bridgehead atoms. The summed E-state index contributed by atoms with van der Waals surface area (Å²) in [6.07, 6.45) is 4.37. The topological polar surface area (TPSA) is 43.8 Å². The first-order chi connectivity index (χ1) is 5.59. The Morgan fingerprint density at radius 3 is 2.83 bits per heavy atom. The minimum atomic E-state index is 0.442. The molecule has 3 nitrogen and oxygen atoms in total. The zero-order valence-corrected chi connectivity index (χ0v) is 8.14. The predicted molar refractivity (Wildman–Crippen MR) is 53.1 cm³/mol. The lowest BCUT2D eigenvalue weighted by Gasteiger charge is -2.03. The highest BCUT2D eigenvalue weighted by Crippen LogP contribution is 2.05. The van der Waals surface area contributed by atoms with Gasteiger partial charge in [-0.1, -0.05) is 12.2 Å². The van der Waals surface area contributed by atoms with Crippen LogP contribution in [-0.2, 0) is 6.42 Å². The number of thiocarbonyl (C=S) groups is 1. The van der Waals surface area contributed by atoms with Gasteiger partial charge in [-0.15, -0.1) is 0 Å². The Morgan fingerprint density at radius 2 is 2.42 bits per heavy atom. The molecule has 12 heavy (non-hydrogen) atoms. The van der Waals surface area contributed by atoms with Crippen molar-refractivity contribution in [3.05, 3.63) is 18.2 Å². The maximum absolute atomic E-state index is 5.39. The van der Waals surface area contributed by atoms with Gasteiger partial charge in [0, 0.05) is 18.7 Å². The van der Waals surface area contributed by atoms with Gasteiger partial charge in [-0.3, -0.25) is 0 Å². The normalized spacial score (nSPS) is 10.6. The molecular weight excluding hydrogens is 170 g/mol. The minimum Gasteiger partial charge on any atom is -0.393 e. The van der Waals surface area contributed by atoms with Crippen LogP contribution in [0.15, 0.2) is 12.5 Å². The van der Waals surface area contributed by atoms with Gasteiger partial charge >= 0.3 is 0 Å². The highest BCUT2D eigenvalue weighted by atomic mass is 32.1. The van der Waals surface area contributed by atoms with E-state index in [0.29, 0.717) is 17.5 Å². The van der Waals surface area contributed by atoms with Crippen LogP contribution in [-0.4, -0.2) is 14.5 Å². The van der Waals surface area contributed by atoms with E-state index in [-0.39, 0.29) is 0 Å². The molecule has 66 valence electrons. The molecule has 0 unspecified atom stereocenters. The molecule has 1 heterocycles. The number of nitrogens with zero attached hydrogens (tertiary/aromatic N) is 2. The maximum atomic E-state index is 5.39. The van der Waals surface area contributed by atoms with E-state index in [1.807, 2.05) is 10.8 Å². The van der Waals surface area contributed by atoms with Crippen LogP contribution in [0.3, 0.4) is 0 Å². The fourth-order valence-corrected chi connectivity index (χ4v) is 1.08. The number of hydrogen-bond donors (Lipinski definition) is 1. The summed E-state index contributed by atoms with van der Waals surface area (Å²) < 4.78 is 2.04. The average Bonchev–Trinajstić information content (AvgIpc) is 2.34. The molecule has 0 amide bonds. The number of rotatable bonds is 3. The van der Waals surface area contributed by atoms with Crippen LogP contribution in [0.1, 0.15) is 25.6 Å². The van der Waals surface area contributed by atoms with Gasteiger partial charge in [0.25, 0.3) is 0 Å². The number of imidazole rings is 1. The molecule has 4 heteroatoms. The second kappa shape index (κ2) is 3.67. The van der Waals surface area contributed by atoms with Crippen LogP contribution >= 0.6 is 12.2 Å². The third-order valence-corrected chi connectivity index (χ3v) is 1.75. The molecule has 2 N–H and O–H groups in total. The molecule has 0 spiro atoms. The Labute approximate surface area is 77.6 Å². The van der Waals surface area contributed by atoms with E-state index >= 15 is 0 Å². The Kier molecular flexibility index (Phi) is 2.81. The molecule has 0 aliphatic carbocycles. The van der Waals surface area contributed by atoms with Gasteiger partial charge in [-0.05, 0) is 13.8 Å². The molecule has 0 atom stereocenters. The lowest BCUT2D eigenvalue weighted by atomic mass is 10.3. The quantitative estimate of drug-likeness (QED) is 0.718. The molecule has 1 rings (SSSR count). The summed E-state index contributed by atoms with van der Waals surface area (Å²) in [6, 6.07) is 0.442. The Hall–Kier alpha value is -0.900. The van der Waals surface area contributed by atoms with Crippen LogP contribution < -0.4 is 5.73 Å². The van der Waals surface area contributed by atoms with E-state index in [1.165, 1.54) is 0 Å². The van der Waals surface area contributed by atoms with Crippen molar-refractivity contribution in [1.82, 2.24) is 9.55 Å². The van der Waals surface area contributed by atoms with Crippen molar-refractivity contribution in [3.8, 4) is 0 Å². The second-order valence-corrected chi connectivity index (χ2v) is 3.57. The summed E-state index contributed by atoms with van der Waals surface area (Å²) >= 11 is 4.78. The lowest BCUT2D eigenvalue weighted by Crippen LogP contribution is -2.11. The van der Waals surface area contributed by atoms with Crippen LogP contribution in [0.2, 0.25) is 0 Å². The van der Waals surface area contributed by atoms with Crippen LogP contribution in [0.25, 0.3) is 0 Å². The molecule has 0 aliphatic heterocycles. The van der Waals surface area contributed by atoms with Gasteiger partial charge in [-0.2, -0.15) is 0 Å². The van der Waals surface area contributed by atoms with Crippen LogP contribution in [0, 0.1) is 0 Å². The Bertz CT molecular complexity index is 278. The Morgan fingerprint density at radius 1 is 1.75 bits per heavy atom. The zero-order valence-electron chi connectivity index (χ0n) is 7.32. The van der Waals surface area contributed by atoms with Crippen LogP contribution in [0.4, 0.5) is 0 Å². The highest BCUT2D eigenvalue weighted by molar-refractivity contribution is 7.80. The SMILES string of the molecule is CC(C)n1cnc(CC(N)=S)c1. The van der Waals surface area contributed by atoms with E-state index in [0.717, 1.165) is 5.69 Å². The fourth-order valence-electron chi connectivity index (χ4n) is 0.932. The first-order valence-electron chi connectivity index (χ1n) is 3.90. The molecule has 1 aromatic heterocycles. The first-order valence-corrected chi connectivity index (χ1v) is 4.31. The van der Waals surface area contributed by atoms with E-state index in [9.17, 15) is 0 Å². The second-order valence-electron chi connectivity index (χ2n) is 3.05.